The number of carbonyl (C=O) groups is 1. The normalized spacial score (nSPS) is 14.5. The smallest absolute Gasteiger partial charge is 0.266 e. The van der Waals surface area contributed by atoms with Crippen LogP contribution in [0.2, 0.25) is 5.02 Å². The molecular formula is C23H26ClN3O4S. The van der Waals surface area contributed by atoms with E-state index in [1.165, 1.54) is 11.3 Å². The quantitative estimate of drug-likeness (QED) is 0.490. The van der Waals surface area contributed by atoms with Crippen molar-refractivity contribution in [3.05, 3.63) is 47.0 Å². The van der Waals surface area contributed by atoms with E-state index >= 15 is 0 Å². The third-order valence-corrected chi connectivity index (χ3v) is 6.89. The van der Waals surface area contributed by atoms with E-state index in [2.05, 4.69) is 4.90 Å². The van der Waals surface area contributed by atoms with Crippen LogP contribution in [0.5, 0.6) is 11.5 Å². The molecule has 0 spiro atoms. The van der Waals surface area contributed by atoms with Crippen LogP contribution in [0.25, 0.3) is 10.2 Å². The van der Waals surface area contributed by atoms with Crippen LogP contribution in [0.1, 0.15) is 5.56 Å². The lowest BCUT2D eigenvalue weighted by atomic mass is 10.2. The van der Waals surface area contributed by atoms with Gasteiger partial charge in [0.1, 0.15) is 11.5 Å². The third-order valence-electron chi connectivity index (χ3n) is 5.43. The molecule has 1 fully saturated rings. The summed E-state index contributed by atoms with van der Waals surface area (Å²) in [6.07, 6.45) is 0. The summed E-state index contributed by atoms with van der Waals surface area (Å²) in [6.45, 7) is 6.29. The average Bonchev–Trinajstić information content (AvgIpc) is 3.26. The largest absolute Gasteiger partial charge is 0.497 e. The van der Waals surface area contributed by atoms with Crippen molar-refractivity contribution in [2.45, 2.75) is 6.92 Å². The van der Waals surface area contributed by atoms with Gasteiger partial charge in [0.25, 0.3) is 5.91 Å². The van der Waals surface area contributed by atoms with E-state index in [-0.39, 0.29) is 12.5 Å². The molecule has 0 saturated carbocycles. The summed E-state index contributed by atoms with van der Waals surface area (Å²) in [7, 11) is 1.61. The lowest BCUT2D eigenvalue weighted by Crippen LogP contribution is -2.44. The lowest BCUT2D eigenvalue weighted by Gasteiger charge is -2.29. The molecule has 3 aromatic rings. The Morgan fingerprint density at radius 2 is 1.91 bits per heavy atom. The molecule has 0 bridgehead atoms. The van der Waals surface area contributed by atoms with Crippen molar-refractivity contribution in [3.63, 3.8) is 0 Å². The number of carbonyl (C=O) groups excluding carboxylic acids is 1. The first-order valence-electron chi connectivity index (χ1n) is 10.5. The molecule has 1 amide bonds. The first kappa shape index (κ1) is 22.8. The van der Waals surface area contributed by atoms with E-state index in [9.17, 15) is 4.79 Å². The molecule has 9 heteroatoms. The van der Waals surface area contributed by atoms with Crippen molar-refractivity contribution >= 4 is 44.2 Å². The summed E-state index contributed by atoms with van der Waals surface area (Å²) in [5.41, 5.74) is 1.75. The highest BCUT2D eigenvalue weighted by Gasteiger charge is 2.23. The number of fused-ring (bicyclic) bond motifs is 1. The lowest BCUT2D eigenvalue weighted by molar-refractivity contribution is -0.120. The van der Waals surface area contributed by atoms with Gasteiger partial charge in [0.2, 0.25) is 0 Å². The Kier molecular flexibility index (Phi) is 7.47. The van der Waals surface area contributed by atoms with Gasteiger partial charge in [0.15, 0.2) is 11.7 Å². The summed E-state index contributed by atoms with van der Waals surface area (Å²) < 4.78 is 17.4. The Labute approximate surface area is 196 Å². The number of amides is 1. The number of aromatic nitrogens is 1. The summed E-state index contributed by atoms with van der Waals surface area (Å²) in [4.78, 5) is 22.0. The minimum absolute atomic E-state index is 0.0783. The van der Waals surface area contributed by atoms with Crippen molar-refractivity contribution in [3.8, 4) is 11.5 Å². The van der Waals surface area contributed by atoms with Gasteiger partial charge in [-0.1, -0.05) is 22.9 Å². The van der Waals surface area contributed by atoms with E-state index in [1.807, 2.05) is 19.1 Å². The monoisotopic (exact) mass is 475 g/mol. The second kappa shape index (κ2) is 10.5. The maximum atomic E-state index is 13.2. The number of aryl methyl sites for hydroxylation is 1. The second-order valence-electron chi connectivity index (χ2n) is 7.48. The van der Waals surface area contributed by atoms with Gasteiger partial charge in [-0.15, -0.1) is 0 Å². The van der Waals surface area contributed by atoms with Gasteiger partial charge in [-0.05, 0) is 48.9 Å². The molecule has 1 aliphatic heterocycles. The fourth-order valence-electron chi connectivity index (χ4n) is 3.49. The minimum Gasteiger partial charge on any atom is -0.497 e. The molecule has 0 unspecified atom stereocenters. The van der Waals surface area contributed by atoms with E-state index < -0.39 is 0 Å². The number of ether oxygens (including phenoxy) is 3. The van der Waals surface area contributed by atoms with Gasteiger partial charge in [0.05, 0.1) is 30.5 Å². The van der Waals surface area contributed by atoms with Crippen LogP contribution in [-0.4, -0.2) is 68.9 Å². The van der Waals surface area contributed by atoms with Crippen LogP contribution in [0.3, 0.4) is 0 Å². The van der Waals surface area contributed by atoms with Crippen molar-refractivity contribution in [1.82, 2.24) is 9.88 Å². The number of hydrogen-bond acceptors (Lipinski definition) is 7. The average molecular weight is 476 g/mol. The zero-order valence-corrected chi connectivity index (χ0v) is 19.7. The number of hydrogen-bond donors (Lipinski definition) is 0. The molecule has 1 aromatic heterocycles. The summed E-state index contributed by atoms with van der Waals surface area (Å²) in [5.74, 6) is 1.20. The van der Waals surface area contributed by atoms with Crippen LogP contribution in [0.15, 0.2) is 36.4 Å². The second-order valence-corrected chi connectivity index (χ2v) is 8.90. The molecule has 0 N–H and O–H groups in total. The predicted molar refractivity (Wildman–Crippen MR) is 127 cm³/mol. The fraction of sp³-hybridized carbons (Fsp3) is 0.391. The maximum Gasteiger partial charge on any atom is 0.266 e. The number of halogens is 1. The molecule has 4 rings (SSSR count). The molecule has 170 valence electrons. The third kappa shape index (κ3) is 5.32. The van der Waals surface area contributed by atoms with E-state index in [0.717, 1.165) is 41.2 Å². The van der Waals surface area contributed by atoms with Crippen LogP contribution in [0, 0.1) is 6.92 Å². The van der Waals surface area contributed by atoms with Gasteiger partial charge in [-0.2, -0.15) is 0 Å². The molecule has 1 aliphatic rings. The number of nitrogens with zero attached hydrogens (tertiary/aromatic N) is 3. The van der Waals surface area contributed by atoms with Crippen molar-refractivity contribution in [2.24, 2.45) is 0 Å². The SMILES string of the molecule is COc1ccc(OCC(=O)N(CCN2CCOCC2)c2nc3c(C)c(Cl)ccc3s2)cc1. The highest BCUT2D eigenvalue weighted by molar-refractivity contribution is 7.22. The number of methoxy groups -OCH3 is 1. The number of benzene rings is 2. The fourth-order valence-corrected chi connectivity index (χ4v) is 4.71. The molecule has 0 aliphatic carbocycles. The zero-order valence-electron chi connectivity index (χ0n) is 18.2. The molecule has 32 heavy (non-hydrogen) atoms. The Bertz CT molecular complexity index is 1070. The molecule has 7 nitrogen and oxygen atoms in total. The van der Waals surface area contributed by atoms with Gasteiger partial charge in [-0.25, -0.2) is 4.98 Å². The molecule has 2 heterocycles. The molecule has 2 aromatic carbocycles. The Morgan fingerprint density at radius 3 is 2.62 bits per heavy atom. The predicted octanol–water partition coefficient (Wildman–Crippen LogP) is 4.01. The summed E-state index contributed by atoms with van der Waals surface area (Å²) in [6, 6.07) is 11.0. The van der Waals surface area contributed by atoms with E-state index in [4.69, 9.17) is 30.8 Å². The van der Waals surface area contributed by atoms with Gasteiger partial charge >= 0.3 is 0 Å². The van der Waals surface area contributed by atoms with Crippen molar-refractivity contribution in [1.29, 1.82) is 0 Å². The first-order chi connectivity index (χ1) is 15.5. The number of morpholine rings is 1. The molecule has 0 radical (unpaired) electrons. The maximum absolute atomic E-state index is 13.2. The molecular weight excluding hydrogens is 450 g/mol. The van der Waals surface area contributed by atoms with Crippen LogP contribution in [-0.2, 0) is 9.53 Å². The number of rotatable bonds is 8. The first-order valence-corrected chi connectivity index (χ1v) is 11.7. The van der Waals surface area contributed by atoms with Crippen LogP contribution in [0.4, 0.5) is 5.13 Å². The summed E-state index contributed by atoms with van der Waals surface area (Å²) >= 11 is 7.77. The standard InChI is InChI=1S/C23H26ClN3O4S/c1-16-19(24)7-8-20-22(16)25-23(32-20)27(10-9-26-11-13-30-14-12-26)21(28)15-31-18-5-3-17(29-2)4-6-18/h3-8H,9-15H2,1-2H3. The van der Waals surface area contributed by atoms with Gasteiger partial charge in [-0.3, -0.25) is 14.6 Å². The van der Waals surface area contributed by atoms with E-state index in [0.29, 0.717) is 35.7 Å². The van der Waals surface area contributed by atoms with Crippen LogP contribution >= 0.6 is 22.9 Å². The van der Waals surface area contributed by atoms with Gasteiger partial charge in [0, 0.05) is 31.2 Å². The number of thiazole rings is 1. The van der Waals surface area contributed by atoms with Crippen molar-refractivity contribution in [2.75, 3.05) is 58.0 Å². The molecule has 1 saturated heterocycles. The molecule has 0 atom stereocenters. The van der Waals surface area contributed by atoms with Crippen molar-refractivity contribution < 1.29 is 19.0 Å². The zero-order chi connectivity index (χ0) is 22.5. The minimum atomic E-state index is -0.142. The Balaban J connectivity index is 1.52. The topological polar surface area (TPSA) is 64.1 Å². The highest BCUT2D eigenvalue weighted by atomic mass is 35.5. The Hall–Kier alpha value is -2.39. The Morgan fingerprint density at radius 1 is 1.19 bits per heavy atom. The van der Waals surface area contributed by atoms with E-state index in [1.54, 1.807) is 36.3 Å². The summed E-state index contributed by atoms with van der Waals surface area (Å²) in [5, 5.41) is 1.32. The van der Waals surface area contributed by atoms with Gasteiger partial charge < -0.3 is 14.2 Å². The van der Waals surface area contributed by atoms with Crippen LogP contribution < -0.4 is 14.4 Å². The number of anilines is 1. The highest BCUT2D eigenvalue weighted by Crippen LogP contribution is 2.33.